The molecule has 0 aliphatic carbocycles. The number of aromatic nitrogens is 2. The molecule has 0 atom stereocenters. The molecule has 1 heterocycles. The maximum atomic E-state index is 6.07. The van der Waals surface area contributed by atoms with Gasteiger partial charge in [0.15, 0.2) is 0 Å². The first kappa shape index (κ1) is 13.5. The average Bonchev–Trinajstić information content (AvgIpc) is 2.61. The Hall–Kier alpha value is -0.970. The third-order valence-electron chi connectivity index (χ3n) is 2.57. The largest absolute Gasteiger partial charge is 0.316 e. The van der Waals surface area contributed by atoms with Crippen LogP contribution in [0.2, 0.25) is 5.02 Å². The van der Waals surface area contributed by atoms with Gasteiger partial charge >= 0.3 is 0 Å². The molecule has 2 rings (SSSR count). The van der Waals surface area contributed by atoms with Crippen LogP contribution in [0.15, 0.2) is 34.2 Å². The van der Waals surface area contributed by atoms with Gasteiger partial charge in [-0.2, -0.15) is 5.10 Å². The molecule has 0 radical (unpaired) electrons. The Morgan fingerprint density at radius 3 is 2.78 bits per heavy atom. The van der Waals surface area contributed by atoms with Crippen molar-refractivity contribution in [2.75, 3.05) is 7.05 Å². The molecule has 0 saturated carbocycles. The predicted molar refractivity (Wildman–Crippen MR) is 76.3 cm³/mol. The van der Waals surface area contributed by atoms with Gasteiger partial charge in [0, 0.05) is 23.5 Å². The lowest BCUT2D eigenvalue weighted by atomic mass is 10.2. The molecule has 1 N–H and O–H groups in total. The fourth-order valence-corrected chi connectivity index (χ4v) is 3.08. The first-order valence-corrected chi connectivity index (χ1v) is 6.91. The zero-order chi connectivity index (χ0) is 13.1. The molecule has 0 bridgehead atoms. The minimum absolute atomic E-state index is 0.760. The van der Waals surface area contributed by atoms with Gasteiger partial charge in [-0.05, 0) is 37.7 Å². The Bertz CT molecular complexity index is 551. The summed E-state index contributed by atoms with van der Waals surface area (Å²) in [4.78, 5) is 1.17. The van der Waals surface area contributed by atoms with Crippen molar-refractivity contribution in [3.8, 4) is 0 Å². The van der Waals surface area contributed by atoms with E-state index in [0.29, 0.717) is 0 Å². The van der Waals surface area contributed by atoms with E-state index >= 15 is 0 Å². The van der Waals surface area contributed by atoms with E-state index in [1.807, 2.05) is 37.8 Å². The van der Waals surface area contributed by atoms with Crippen molar-refractivity contribution >= 4 is 23.4 Å². The summed E-state index contributed by atoms with van der Waals surface area (Å²) < 4.78 is 1.89. The van der Waals surface area contributed by atoms with Crippen molar-refractivity contribution in [3.63, 3.8) is 0 Å². The summed E-state index contributed by atoms with van der Waals surface area (Å²) in [5.74, 6) is 0. The number of hydrogen-bond donors (Lipinski definition) is 1. The van der Waals surface area contributed by atoms with Crippen molar-refractivity contribution in [3.05, 3.63) is 40.5 Å². The van der Waals surface area contributed by atoms with E-state index in [-0.39, 0.29) is 0 Å². The van der Waals surface area contributed by atoms with Crippen LogP contribution in [-0.2, 0) is 13.6 Å². The van der Waals surface area contributed by atoms with Gasteiger partial charge in [0.25, 0.3) is 0 Å². The van der Waals surface area contributed by atoms with Crippen LogP contribution in [0.25, 0.3) is 0 Å². The smallest absolute Gasteiger partial charge is 0.0987 e. The van der Waals surface area contributed by atoms with E-state index in [1.54, 1.807) is 11.8 Å². The molecule has 3 nitrogen and oxygen atoms in total. The number of aryl methyl sites for hydroxylation is 2. The standard InChI is InChI=1S/C13H16ClN3S/c1-9-6-13(17(3)16-9)18-12-7-11(14)5-4-10(12)8-15-2/h4-7,15H,8H2,1-3H3. The maximum Gasteiger partial charge on any atom is 0.0987 e. The molecule has 2 aromatic rings. The molecule has 5 heteroatoms. The molecule has 18 heavy (non-hydrogen) atoms. The summed E-state index contributed by atoms with van der Waals surface area (Å²) in [6, 6.07) is 8.06. The fraction of sp³-hybridized carbons (Fsp3) is 0.308. The van der Waals surface area contributed by atoms with Gasteiger partial charge in [-0.3, -0.25) is 4.68 Å². The summed E-state index contributed by atoms with van der Waals surface area (Å²) in [6.07, 6.45) is 0. The summed E-state index contributed by atoms with van der Waals surface area (Å²) >= 11 is 7.76. The van der Waals surface area contributed by atoms with Gasteiger partial charge in [0.1, 0.15) is 0 Å². The number of benzene rings is 1. The SMILES string of the molecule is CNCc1ccc(Cl)cc1Sc1cc(C)nn1C. The van der Waals surface area contributed by atoms with Gasteiger partial charge in [-0.15, -0.1) is 0 Å². The number of nitrogens with one attached hydrogen (secondary N) is 1. The van der Waals surface area contributed by atoms with E-state index in [0.717, 1.165) is 22.3 Å². The van der Waals surface area contributed by atoms with Crippen molar-refractivity contribution < 1.29 is 0 Å². The zero-order valence-corrected chi connectivity index (χ0v) is 12.3. The molecule has 0 fully saturated rings. The Kier molecular flexibility index (Phi) is 4.32. The number of halogens is 1. The van der Waals surface area contributed by atoms with E-state index in [9.17, 15) is 0 Å². The number of hydrogen-bond acceptors (Lipinski definition) is 3. The van der Waals surface area contributed by atoms with Crippen LogP contribution in [0, 0.1) is 6.92 Å². The molecule has 0 aliphatic heterocycles. The first-order chi connectivity index (χ1) is 8.60. The zero-order valence-electron chi connectivity index (χ0n) is 10.7. The first-order valence-electron chi connectivity index (χ1n) is 5.71. The highest BCUT2D eigenvalue weighted by atomic mass is 35.5. The lowest BCUT2D eigenvalue weighted by Gasteiger charge is -2.09. The molecular weight excluding hydrogens is 266 g/mol. The lowest BCUT2D eigenvalue weighted by Crippen LogP contribution is -2.06. The molecule has 1 aromatic carbocycles. The normalized spacial score (nSPS) is 10.9. The highest BCUT2D eigenvalue weighted by Gasteiger charge is 2.09. The molecule has 96 valence electrons. The second-order valence-electron chi connectivity index (χ2n) is 4.13. The van der Waals surface area contributed by atoms with Crippen LogP contribution in [-0.4, -0.2) is 16.8 Å². The van der Waals surface area contributed by atoms with E-state index in [1.165, 1.54) is 10.5 Å². The number of nitrogens with zero attached hydrogens (tertiary/aromatic N) is 2. The van der Waals surface area contributed by atoms with Crippen LogP contribution in [0.4, 0.5) is 0 Å². The average molecular weight is 282 g/mol. The molecule has 1 aromatic heterocycles. The Morgan fingerprint density at radius 1 is 1.39 bits per heavy atom. The Labute approximate surface area is 117 Å². The van der Waals surface area contributed by atoms with Crippen molar-refractivity contribution in [2.45, 2.75) is 23.4 Å². The topological polar surface area (TPSA) is 29.9 Å². The molecule has 0 amide bonds. The van der Waals surface area contributed by atoms with Gasteiger partial charge in [0.2, 0.25) is 0 Å². The maximum absolute atomic E-state index is 6.07. The molecular formula is C13H16ClN3S. The quantitative estimate of drug-likeness (QED) is 0.933. The second-order valence-corrected chi connectivity index (χ2v) is 5.63. The van der Waals surface area contributed by atoms with Crippen LogP contribution < -0.4 is 5.32 Å². The fourth-order valence-electron chi connectivity index (χ4n) is 1.75. The van der Waals surface area contributed by atoms with Crippen LogP contribution >= 0.6 is 23.4 Å². The second kappa shape index (κ2) is 5.78. The molecule has 0 spiro atoms. The summed E-state index contributed by atoms with van der Waals surface area (Å²) in [5, 5.41) is 9.40. The van der Waals surface area contributed by atoms with Gasteiger partial charge in [-0.25, -0.2) is 0 Å². The summed E-state index contributed by atoms with van der Waals surface area (Å²) in [6.45, 7) is 2.83. The van der Waals surface area contributed by atoms with E-state index in [4.69, 9.17) is 11.6 Å². The van der Waals surface area contributed by atoms with Gasteiger partial charge in [-0.1, -0.05) is 29.4 Å². The molecule has 0 saturated heterocycles. The van der Waals surface area contributed by atoms with E-state index in [2.05, 4.69) is 22.5 Å². The van der Waals surface area contributed by atoms with Crippen LogP contribution in [0.1, 0.15) is 11.3 Å². The molecule has 0 unspecified atom stereocenters. The van der Waals surface area contributed by atoms with Crippen molar-refractivity contribution in [2.24, 2.45) is 7.05 Å². The lowest BCUT2D eigenvalue weighted by molar-refractivity contribution is 0.692. The number of rotatable bonds is 4. The Morgan fingerprint density at radius 2 is 2.17 bits per heavy atom. The van der Waals surface area contributed by atoms with E-state index < -0.39 is 0 Å². The summed E-state index contributed by atoms with van der Waals surface area (Å²) in [7, 11) is 3.90. The highest BCUT2D eigenvalue weighted by molar-refractivity contribution is 7.99. The minimum atomic E-state index is 0.760. The van der Waals surface area contributed by atoms with Gasteiger partial charge < -0.3 is 5.32 Å². The van der Waals surface area contributed by atoms with Crippen molar-refractivity contribution in [1.29, 1.82) is 0 Å². The summed E-state index contributed by atoms with van der Waals surface area (Å²) in [5.41, 5.74) is 2.27. The van der Waals surface area contributed by atoms with Crippen LogP contribution in [0.5, 0.6) is 0 Å². The van der Waals surface area contributed by atoms with Crippen LogP contribution in [0.3, 0.4) is 0 Å². The predicted octanol–water partition coefficient (Wildman–Crippen LogP) is 3.25. The third kappa shape index (κ3) is 3.07. The third-order valence-corrected chi connectivity index (χ3v) is 4.00. The molecule has 0 aliphatic rings. The van der Waals surface area contributed by atoms with Gasteiger partial charge in [0.05, 0.1) is 10.7 Å². The minimum Gasteiger partial charge on any atom is -0.316 e. The highest BCUT2D eigenvalue weighted by Crippen LogP contribution is 2.32. The monoisotopic (exact) mass is 281 g/mol. The Balaban J connectivity index is 2.32. The van der Waals surface area contributed by atoms with Crippen molar-refractivity contribution in [1.82, 2.24) is 15.1 Å².